The van der Waals surface area contributed by atoms with E-state index in [4.69, 9.17) is 4.74 Å². The van der Waals surface area contributed by atoms with Crippen LogP contribution in [0.2, 0.25) is 0 Å². The first-order valence-electron chi connectivity index (χ1n) is 4.46. The highest BCUT2D eigenvalue weighted by molar-refractivity contribution is 6.22. The van der Waals surface area contributed by atoms with Gasteiger partial charge in [0.05, 0.1) is 12.7 Å². The summed E-state index contributed by atoms with van der Waals surface area (Å²) < 4.78 is 4.82. The van der Waals surface area contributed by atoms with Crippen LogP contribution >= 0.6 is 0 Å². The summed E-state index contributed by atoms with van der Waals surface area (Å²) in [6.45, 7) is 1.77. The molecule has 0 radical (unpaired) electrons. The lowest BCUT2D eigenvalue weighted by molar-refractivity contribution is 0.0914. The van der Waals surface area contributed by atoms with E-state index >= 15 is 0 Å². The SMILES string of the molecule is COC1=CC(=O)c2nc(C)ccc2C1=O. The predicted octanol–water partition coefficient (Wildman–Crippen LogP) is 1.30. The zero-order valence-corrected chi connectivity index (χ0v) is 8.40. The number of carbonyl (C=O) groups excluding carboxylic acids is 2. The molecule has 0 bridgehead atoms. The number of allylic oxidation sites excluding steroid dienone is 2. The lowest BCUT2D eigenvalue weighted by Crippen LogP contribution is -2.19. The molecule has 2 rings (SSSR count). The van der Waals surface area contributed by atoms with Gasteiger partial charge < -0.3 is 4.74 Å². The van der Waals surface area contributed by atoms with Gasteiger partial charge in [-0.25, -0.2) is 4.98 Å². The first-order valence-corrected chi connectivity index (χ1v) is 4.46. The predicted molar refractivity (Wildman–Crippen MR) is 52.7 cm³/mol. The smallest absolute Gasteiger partial charge is 0.229 e. The summed E-state index contributed by atoms with van der Waals surface area (Å²) in [6, 6.07) is 3.30. The summed E-state index contributed by atoms with van der Waals surface area (Å²) in [4.78, 5) is 27.3. The van der Waals surface area contributed by atoms with Crippen LogP contribution in [0.1, 0.15) is 26.5 Å². The Kier molecular flexibility index (Phi) is 2.11. The summed E-state index contributed by atoms with van der Waals surface area (Å²) in [7, 11) is 1.36. The highest BCUT2D eigenvalue weighted by atomic mass is 16.5. The molecule has 0 amide bonds. The van der Waals surface area contributed by atoms with Gasteiger partial charge in [-0.2, -0.15) is 0 Å². The first-order chi connectivity index (χ1) is 7.13. The average molecular weight is 203 g/mol. The minimum Gasteiger partial charge on any atom is -0.492 e. The van der Waals surface area contributed by atoms with Crippen molar-refractivity contribution in [3.05, 3.63) is 40.9 Å². The van der Waals surface area contributed by atoms with Crippen molar-refractivity contribution in [3.8, 4) is 0 Å². The molecule has 4 nitrogen and oxygen atoms in total. The van der Waals surface area contributed by atoms with Crippen LogP contribution < -0.4 is 0 Å². The largest absolute Gasteiger partial charge is 0.492 e. The fraction of sp³-hybridized carbons (Fsp3) is 0.182. The molecular weight excluding hydrogens is 194 g/mol. The van der Waals surface area contributed by atoms with E-state index in [2.05, 4.69) is 4.98 Å². The lowest BCUT2D eigenvalue weighted by atomic mass is 9.98. The molecule has 76 valence electrons. The maximum Gasteiger partial charge on any atom is 0.229 e. The number of nitrogens with zero attached hydrogens (tertiary/aromatic N) is 1. The zero-order chi connectivity index (χ0) is 11.0. The van der Waals surface area contributed by atoms with Crippen LogP contribution in [0.25, 0.3) is 0 Å². The lowest BCUT2D eigenvalue weighted by Gasteiger charge is -2.13. The molecule has 1 aromatic rings. The molecule has 0 unspecified atom stereocenters. The van der Waals surface area contributed by atoms with Crippen LogP contribution in [0.15, 0.2) is 24.0 Å². The van der Waals surface area contributed by atoms with Crippen molar-refractivity contribution in [1.29, 1.82) is 0 Å². The number of ketones is 2. The van der Waals surface area contributed by atoms with Crippen molar-refractivity contribution in [2.75, 3.05) is 7.11 Å². The summed E-state index contributed by atoms with van der Waals surface area (Å²) in [5, 5.41) is 0. The van der Waals surface area contributed by atoms with Gasteiger partial charge in [0.2, 0.25) is 11.6 Å². The van der Waals surface area contributed by atoms with E-state index in [0.717, 1.165) is 0 Å². The van der Waals surface area contributed by atoms with Crippen LogP contribution in [0.4, 0.5) is 0 Å². The van der Waals surface area contributed by atoms with Crippen LogP contribution in [0.5, 0.6) is 0 Å². The monoisotopic (exact) mass is 203 g/mol. The number of hydrogen-bond acceptors (Lipinski definition) is 4. The summed E-state index contributed by atoms with van der Waals surface area (Å²) in [5.41, 5.74) is 1.23. The van der Waals surface area contributed by atoms with Crippen molar-refractivity contribution < 1.29 is 14.3 Å². The second-order valence-electron chi connectivity index (χ2n) is 3.25. The molecule has 1 aromatic heterocycles. The van der Waals surface area contributed by atoms with Gasteiger partial charge in [0, 0.05) is 11.8 Å². The standard InChI is InChI=1S/C11H9NO3/c1-6-3-4-7-10(12-6)8(13)5-9(15-2)11(7)14/h3-5H,1-2H3. The van der Waals surface area contributed by atoms with Crippen molar-refractivity contribution in [2.24, 2.45) is 0 Å². The van der Waals surface area contributed by atoms with E-state index in [-0.39, 0.29) is 23.0 Å². The van der Waals surface area contributed by atoms with Gasteiger partial charge in [-0.15, -0.1) is 0 Å². The number of Topliss-reactive ketones (excluding diaryl/α,β-unsaturated/α-hetero) is 1. The quantitative estimate of drug-likeness (QED) is 0.690. The second-order valence-corrected chi connectivity index (χ2v) is 3.25. The van der Waals surface area contributed by atoms with Crippen molar-refractivity contribution in [3.63, 3.8) is 0 Å². The Bertz CT molecular complexity index is 489. The number of hydrogen-bond donors (Lipinski definition) is 0. The van der Waals surface area contributed by atoms with Gasteiger partial charge >= 0.3 is 0 Å². The number of fused-ring (bicyclic) bond motifs is 1. The second kappa shape index (κ2) is 3.31. The van der Waals surface area contributed by atoms with Crippen LogP contribution in [0.3, 0.4) is 0 Å². The zero-order valence-electron chi connectivity index (χ0n) is 8.40. The van der Waals surface area contributed by atoms with Gasteiger partial charge in [0.25, 0.3) is 0 Å². The number of pyridine rings is 1. The maximum atomic E-state index is 11.7. The van der Waals surface area contributed by atoms with Gasteiger partial charge in [-0.3, -0.25) is 9.59 Å². The van der Waals surface area contributed by atoms with E-state index < -0.39 is 0 Å². The topological polar surface area (TPSA) is 56.3 Å². The normalized spacial score (nSPS) is 14.7. The number of rotatable bonds is 1. The Balaban J connectivity index is 2.62. The minimum atomic E-state index is -0.292. The molecule has 1 aliphatic carbocycles. The van der Waals surface area contributed by atoms with Gasteiger partial charge in [0.15, 0.2) is 5.76 Å². The molecule has 1 aliphatic rings. The molecule has 1 heterocycles. The third kappa shape index (κ3) is 1.44. The third-order valence-corrected chi connectivity index (χ3v) is 2.22. The molecule has 0 atom stereocenters. The molecule has 0 saturated heterocycles. The molecule has 0 fully saturated rings. The number of aryl methyl sites for hydroxylation is 1. The molecule has 0 spiro atoms. The van der Waals surface area contributed by atoms with Gasteiger partial charge in [-0.05, 0) is 19.1 Å². The number of carbonyl (C=O) groups is 2. The summed E-state index contributed by atoms with van der Waals surface area (Å²) in [5.74, 6) is -0.511. The number of ether oxygens (including phenoxy) is 1. The Morgan fingerprint density at radius 3 is 2.67 bits per heavy atom. The summed E-state index contributed by atoms with van der Waals surface area (Å²) >= 11 is 0. The van der Waals surface area contributed by atoms with Crippen LogP contribution in [-0.2, 0) is 4.74 Å². The Morgan fingerprint density at radius 1 is 1.27 bits per heavy atom. The van der Waals surface area contributed by atoms with E-state index in [0.29, 0.717) is 11.3 Å². The minimum absolute atomic E-state index is 0.0677. The van der Waals surface area contributed by atoms with E-state index in [1.54, 1.807) is 19.1 Å². The van der Waals surface area contributed by atoms with Gasteiger partial charge in [0.1, 0.15) is 5.69 Å². The molecule has 4 heteroatoms. The fourth-order valence-electron chi connectivity index (χ4n) is 1.47. The van der Waals surface area contributed by atoms with E-state index in [1.807, 2.05) is 0 Å². The first kappa shape index (κ1) is 9.58. The van der Waals surface area contributed by atoms with Crippen molar-refractivity contribution in [1.82, 2.24) is 4.98 Å². The van der Waals surface area contributed by atoms with Crippen molar-refractivity contribution >= 4 is 11.6 Å². The highest BCUT2D eigenvalue weighted by Crippen LogP contribution is 2.20. The maximum absolute atomic E-state index is 11.7. The Hall–Kier alpha value is -1.97. The highest BCUT2D eigenvalue weighted by Gasteiger charge is 2.27. The molecule has 0 N–H and O–H groups in total. The van der Waals surface area contributed by atoms with E-state index in [9.17, 15) is 9.59 Å². The fourth-order valence-corrected chi connectivity index (χ4v) is 1.47. The molecule has 0 aliphatic heterocycles. The Morgan fingerprint density at radius 2 is 2.00 bits per heavy atom. The molecular formula is C11H9NO3. The average Bonchev–Trinajstić information content (AvgIpc) is 2.23. The van der Waals surface area contributed by atoms with Crippen LogP contribution in [-0.4, -0.2) is 23.7 Å². The van der Waals surface area contributed by atoms with Crippen LogP contribution in [0, 0.1) is 6.92 Å². The Labute approximate surface area is 86.6 Å². The molecule has 15 heavy (non-hydrogen) atoms. The molecule has 0 aromatic carbocycles. The number of aromatic nitrogens is 1. The third-order valence-electron chi connectivity index (χ3n) is 2.22. The van der Waals surface area contributed by atoms with E-state index in [1.165, 1.54) is 13.2 Å². The van der Waals surface area contributed by atoms with Crippen molar-refractivity contribution in [2.45, 2.75) is 6.92 Å². The molecule has 0 saturated carbocycles. The summed E-state index contributed by atoms with van der Waals surface area (Å²) in [6.07, 6.45) is 1.18. The van der Waals surface area contributed by atoms with Gasteiger partial charge in [-0.1, -0.05) is 0 Å². The number of methoxy groups -OCH3 is 1.